The van der Waals surface area contributed by atoms with Crippen LogP contribution < -0.4 is 0 Å². The molecule has 0 amide bonds. The molecule has 0 aliphatic carbocycles. The first kappa shape index (κ1) is 13.0. The van der Waals surface area contributed by atoms with Crippen molar-refractivity contribution < 1.29 is 5.11 Å². The van der Waals surface area contributed by atoms with E-state index in [2.05, 4.69) is 34.6 Å². The van der Waals surface area contributed by atoms with Crippen molar-refractivity contribution in [2.24, 2.45) is 11.3 Å². The van der Waals surface area contributed by atoms with Crippen LogP contribution in [0.15, 0.2) is 0 Å². The summed E-state index contributed by atoms with van der Waals surface area (Å²) in [5.41, 5.74) is -0.292. The lowest BCUT2D eigenvalue weighted by Crippen LogP contribution is -2.36. The highest BCUT2D eigenvalue weighted by molar-refractivity contribution is 4.83. The van der Waals surface area contributed by atoms with Crippen molar-refractivity contribution >= 4 is 0 Å². The van der Waals surface area contributed by atoms with E-state index in [-0.39, 0.29) is 5.41 Å². The largest absolute Gasteiger partial charge is 0.390 e. The second-order valence-electron chi connectivity index (χ2n) is 5.78. The Morgan fingerprint density at radius 2 is 1.62 bits per heavy atom. The van der Waals surface area contributed by atoms with Gasteiger partial charge in [-0.15, -0.1) is 0 Å². The average Bonchev–Trinajstić information content (AvgIpc) is 1.82. The van der Waals surface area contributed by atoms with E-state index < -0.39 is 5.60 Å². The fraction of sp³-hybridized carbons (Fsp3) is 1.00. The second kappa shape index (κ2) is 4.45. The van der Waals surface area contributed by atoms with Crippen LogP contribution in [0, 0.1) is 11.3 Å². The molecule has 0 saturated carbocycles. The Bertz CT molecular complexity index is 142. The van der Waals surface area contributed by atoms with Crippen LogP contribution in [0.5, 0.6) is 0 Å². The van der Waals surface area contributed by atoms with Crippen LogP contribution >= 0.6 is 0 Å². The second-order valence-corrected chi connectivity index (χ2v) is 5.78. The van der Waals surface area contributed by atoms with E-state index in [1.807, 2.05) is 6.92 Å². The van der Waals surface area contributed by atoms with Crippen molar-refractivity contribution in [2.45, 2.75) is 66.4 Å². The van der Waals surface area contributed by atoms with E-state index in [9.17, 15) is 5.11 Å². The molecule has 0 aliphatic rings. The van der Waals surface area contributed by atoms with E-state index in [4.69, 9.17) is 0 Å². The molecular weight excluding hydrogens is 160 g/mol. The van der Waals surface area contributed by atoms with Crippen LogP contribution in [0.3, 0.4) is 0 Å². The van der Waals surface area contributed by atoms with Crippen LogP contribution in [0.25, 0.3) is 0 Å². The van der Waals surface area contributed by atoms with Crippen molar-refractivity contribution in [2.75, 3.05) is 0 Å². The topological polar surface area (TPSA) is 20.2 Å². The molecular formula is C12H26O. The molecule has 0 radical (unpaired) electrons. The molecule has 2 unspecified atom stereocenters. The van der Waals surface area contributed by atoms with Crippen molar-refractivity contribution in [1.82, 2.24) is 0 Å². The SMILES string of the molecule is CCCC(C)C(C)(O)CC(C)(C)C. The molecule has 13 heavy (non-hydrogen) atoms. The summed E-state index contributed by atoms with van der Waals surface area (Å²) in [5, 5.41) is 10.2. The molecule has 0 bridgehead atoms. The third kappa shape index (κ3) is 5.30. The molecule has 0 aromatic carbocycles. The maximum Gasteiger partial charge on any atom is 0.0650 e. The summed E-state index contributed by atoms with van der Waals surface area (Å²) in [6, 6.07) is 0. The van der Waals surface area contributed by atoms with Crippen LogP contribution in [-0.4, -0.2) is 10.7 Å². The highest BCUT2D eigenvalue weighted by Gasteiger charge is 2.32. The van der Waals surface area contributed by atoms with Crippen LogP contribution in [0.2, 0.25) is 0 Å². The molecule has 0 aliphatic heterocycles. The van der Waals surface area contributed by atoms with Gasteiger partial charge in [-0.05, 0) is 31.1 Å². The Morgan fingerprint density at radius 1 is 1.15 bits per heavy atom. The minimum atomic E-state index is -0.506. The van der Waals surface area contributed by atoms with Crippen LogP contribution in [-0.2, 0) is 0 Å². The summed E-state index contributed by atoms with van der Waals surface area (Å²) in [7, 11) is 0. The quantitative estimate of drug-likeness (QED) is 0.711. The summed E-state index contributed by atoms with van der Waals surface area (Å²) in [6.07, 6.45) is 3.14. The standard InChI is InChI=1S/C12H26O/c1-7-8-10(2)12(6,13)9-11(3,4)5/h10,13H,7-9H2,1-6H3. The molecule has 80 valence electrons. The molecule has 0 saturated heterocycles. The van der Waals surface area contributed by atoms with Crippen LogP contribution in [0.1, 0.15) is 60.8 Å². The first-order valence-corrected chi connectivity index (χ1v) is 5.41. The monoisotopic (exact) mass is 186 g/mol. The smallest absolute Gasteiger partial charge is 0.0650 e. The third-order valence-electron chi connectivity index (χ3n) is 2.67. The lowest BCUT2D eigenvalue weighted by atomic mass is 9.75. The summed E-state index contributed by atoms with van der Waals surface area (Å²) < 4.78 is 0. The molecule has 0 aromatic rings. The fourth-order valence-electron chi connectivity index (χ4n) is 1.99. The molecule has 0 aromatic heterocycles. The fourth-order valence-corrected chi connectivity index (χ4v) is 1.99. The Hall–Kier alpha value is -0.0400. The normalized spacial score (nSPS) is 19.6. The van der Waals surface area contributed by atoms with Crippen molar-refractivity contribution in [3.05, 3.63) is 0 Å². The zero-order valence-electron chi connectivity index (χ0n) is 10.1. The summed E-state index contributed by atoms with van der Waals surface area (Å²) in [4.78, 5) is 0. The van der Waals surface area contributed by atoms with Gasteiger partial charge in [0.2, 0.25) is 0 Å². The van der Waals surface area contributed by atoms with Gasteiger partial charge >= 0.3 is 0 Å². The summed E-state index contributed by atoms with van der Waals surface area (Å²) >= 11 is 0. The van der Waals surface area contributed by atoms with Crippen molar-refractivity contribution in [3.63, 3.8) is 0 Å². The van der Waals surface area contributed by atoms with Gasteiger partial charge in [0, 0.05) is 0 Å². The lowest BCUT2D eigenvalue weighted by molar-refractivity contribution is -0.0305. The molecule has 0 heterocycles. The minimum absolute atomic E-state index is 0.214. The molecule has 2 atom stereocenters. The highest BCUT2D eigenvalue weighted by atomic mass is 16.3. The van der Waals surface area contributed by atoms with Crippen molar-refractivity contribution in [3.8, 4) is 0 Å². The van der Waals surface area contributed by atoms with Gasteiger partial charge in [0.25, 0.3) is 0 Å². The van der Waals surface area contributed by atoms with E-state index >= 15 is 0 Å². The molecule has 0 rings (SSSR count). The summed E-state index contributed by atoms with van der Waals surface area (Å²) in [6.45, 7) is 12.8. The first-order chi connectivity index (χ1) is 5.69. The van der Waals surface area contributed by atoms with Gasteiger partial charge in [0.1, 0.15) is 0 Å². The van der Waals surface area contributed by atoms with Gasteiger partial charge in [-0.2, -0.15) is 0 Å². The van der Waals surface area contributed by atoms with E-state index in [1.165, 1.54) is 0 Å². The van der Waals surface area contributed by atoms with E-state index in [0.717, 1.165) is 19.3 Å². The summed E-state index contributed by atoms with van der Waals surface area (Å²) in [5.74, 6) is 0.400. The zero-order valence-corrected chi connectivity index (χ0v) is 10.1. The molecule has 0 fully saturated rings. The van der Waals surface area contributed by atoms with Crippen LogP contribution in [0.4, 0.5) is 0 Å². The van der Waals surface area contributed by atoms with Gasteiger partial charge in [-0.1, -0.05) is 41.0 Å². The van der Waals surface area contributed by atoms with E-state index in [0.29, 0.717) is 5.92 Å². The Balaban J connectivity index is 4.21. The minimum Gasteiger partial charge on any atom is -0.390 e. The van der Waals surface area contributed by atoms with Crippen molar-refractivity contribution in [1.29, 1.82) is 0 Å². The van der Waals surface area contributed by atoms with E-state index in [1.54, 1.807) is 0 Å². The Morgan fingerprint density at radius 3 is 1.92 bits per heavy atom. The van der Waals surface area contributed by atoms with Gasteiger partial charge in [0.05, 0.1) is 5.60 Å². The molecule has 1 heteroatoms. The number of hydrogen-bond acceptors (Lipinski definition) is 1. The average molecular weight is 186 g/mol. The Labute approximate surface area is 83.5 Å². The van der Waals surface area contributed by atoms with Gasteiger partial charge in [-0.25, -0.2) is 0 Å². The lowest BCUT2D eigenvalue weighted by Gasteiger charge is -2.36. The zero-order chi connectivity index (χ0) is 10.7. The number of hydrogen-bond donors (Lipinski definition) is 1. The predicted molar refractivity (Wildman–Crippen MR) is 58.8 cm³/mol. The third-order valence-corrected chi connectivity index (χ3v) is 2.67. The van der Waals surface area contributed by atoms with Gasteiger partial charge in [-0.3, -0.25) is 0 Å². The highest BCUT2D eigenvalue weighted by Crippen LogP contribution is 2.33. The molecule has 0 spiro atoms. The Kier molecular flexibility index (Phi) is 4.44. The number of rotatable bonds is 4. The molecule has 1 N–H and O–H groups in total. The first-order valence-electron chi connectivity index (χ1n) is 5.41. The van der Waals surface area contributed by atoms with Gasteiger partial charge < -0.3 is 5.11 Å². The predicted octanol–water partition coefficient (Wildman–Crippen LogP) is 3.61. The number of aliphatic hydroxyl groups is 1. The maximum absolute atomic E-state index is 10.2. The van der Waals surface area contributed by atoms with Gasteiger partial charge in [0.15, 0.2) is 0 Å². The maximum atomic E-state index is 10.2. The molecule has 1 nitrogen and oxygen atoms in total.